The molecular formula is C16H21N3O2. The van der Waals surface area contributed by atoms with Gasteiger partial charge in [-0.25, -0.2) is 4.98 Å². The third-order valence-electron chi connectivity index (χ3n) is 4.68. The molecule has 0 saturated carbocycles. The smallest absolute Gasteiger partial charge is 0.147 e. The van der Waals surface area contributed by atoms with Crippen LogP contribution in [-0.2, 0) is 4.74 Å². The first-order valence-electron chi connectivity index (χ1n) is 7.60. The van der Waals surface area contributed by atoms with E-state index < -0.39 is 0 Å². The molecule has 2 saturated heterocycles. The lowest BCUT2D eigenvalue weighted by atomic mass is 9.89. The predicted octanol–water partition coefficient (Wildman–Crippen LogP) is 1.63. The van der Waals surface area contributed by atoms with Gasteiger partial charge in [0.05, 0.1) is 18.3 Å². The zero-order valence-electron chi connectivity index (χ0n) is 12.3. The summed E-state index contributed by atoms with van der Waals surface area (Å²) in [6, 6.07) is 4.35. The molecule has 0 aliphatic carbocycles. The van der Waals surface area contributed by atoms with Gasteiger partial charge in [-0.05, 0) is 37.8 Å². The highest BCUT2D eigenvalue weighted by atomic mass is 16.5. The average Bonchev–Trinajstić information content (AvgIpc) is 2.96. The topological polar surface area (TPSA) is 69.4 Å². The van der Waals surface area contributed by atoms with Crippen LogP contribution in [0, 0.1) is 24.2 Å². The van der Waals surface area contributed by atoms with Gasteiger partial charge in [0.25, 0.3) is 0 Å². The van der Waals surface area contributed by atoms with Crippen LogP contribution >= 0.6 is 0 Å². The molecule has 0 aromatic carbocycles. The maximum absolute atomic E-state index is 10.3. The fourth-order valence-electron chi connectivity index (χ4n) is 3.52. The van der Waals surface area contributed by atoms with Crippen LogP contribution in [0.15, 0.2) is 12.3 Å². The van der Waals surface area contributed by atoms with Gasteiger partial charge in [-0.3, -0.25) is 0 Å². The van der Waals surface area contributed by atoms with Gasteiger partial charge in [0.2, 0.25) is 0 Å². The number of anilines is 1. The number of ether oxygens (including phenoxy) is 1. The summed E-state index contributed by atoms with van der Waals surface area (Å²) in [4.78, 5) is 6.65. The van der Waals surface area contributed by atoms with E-state index in [1.807, 2.05) is 13.0 Å². The molecule has 3 atom stereocenters. The highest BCUT2D eigenvalue weighted by Gasteiger charge is 2.38. The number of rotatable bonds is 2. The first-order chi connectivity index (χ1) is 10.2. The lowest BCUT2D eigenvalue weighted by Gasteiger charge is -2.37. The van der Waals surface area contributed by atoms with Gasteiger partial charge in [0.1, 0.15) is 11.9 Å². The van der Waals surface area contributed by atoms with Crippen LogP contribution in [0.1, 0.15) is 30.4 Å². The molecule has 0 spiro atoms. The van der Waals surface area contributed by atoms with Crippen molar-refractivity contribution in [1.82, 2.24) is 4.98 Å². The largest absolute Gasteiger partial charge is 0.393 e. The monoisotopic (exact) mass is 287 g/mol. The number of pyridine rings is 1. The minimum Gasteiger partial charge on any atom is -0.393 e. The number of hydrogen-bond donors (Lipinski definition) is 1. The Morgan fingerprint density at radius 1 is 1.48 bits per heavy atom. The lowest BCUT2D eigenvalue weighted by molar-refractivity contribution is -0.0438. The quantitative estimate of drug-likeness (QED) is 0.895. The molecule has 3 heterocycles. The van der Waals surface area contributed by atoms with Crippen molar-refractivity contribution in [2.24, 2.45) is 5.92 Å². The molecule has 2 aliphatic heterocycles. The van der Waals surface area contributed by atoms with Crippen molar-refractivity contribution < 1.29 is 9.84 Å². The Balaban J connectivity index is 1.91. The predicted molar refractivity (Wildman–Crippen MR) is 79.0 cm³/mol. The van der Waals surface area contributed by atoms with Crippen LogP contribution in [0.4, 0.5) is 5.82 Å². The number of nitrogens with zero attached hydrogens (tertiary/aromatic N) is 3. The normalized spacial score (nSPS) is 29.4. The summed E-state index contributed by atoms with van der Waals surface area (Å²) < 4.78 is 5.56. The van der Waals surface area contributed by atoms with Crippen LogP contribution in [0.25, 0.3) is 0 Å². The van der Waals surface area contributed by atoms with Gasteiger partial charge in [0.15, 0.2) is 0 Å². The second-order valence-electron chi connectivity index (χ2n) is 5.94. The zero-order chi connectivity index (χ0) is 14.8. The Bertz CT molecular complexity index is 555. The lowest BCUT2D eigenvalue weighted by Crippen LogP contribution is -2.46. The van der Waals surface area contributed by atoms with Crippen molar-refractivity contribution in [2.75, 3.05) is 24.7 Å². The number of aromatic nitrogens is 1. The zero-order valence-corrected chi connectivity index (χ0v) is 12.3. The Labute approximate surface area is 125 Å². The summed E-state index contributed by atoms with van der Waals surface area (Å²) in [6.45, 7) is 4.05. The number of aliphatic hydroxyl groups excluding tert-OH is 1. The molecule has 0 unspecified atom stereocenters. The van der Waals surface area contributed by atoms with Gasteiger partial charge >= 0.3 is 0 Å². The minimum atomic E-state index is -0.320. The van der Waals surface area contributed by atoms with Crippen molar-refractivity contribution in [1.29, 1.82) is 5.26 Å². The molecule has 112 valence electrons. The molecule has 3 rings (SSSR count). The van der Waals surface area contributed by atoms with E-state index in [0.717, 1.165) is 30.8 Å². The first-order valence-corrected chi connectivity index (χ1v) is 7.60. The third kappa shape index (κ3) is 2.61. The van der Waals surface area contributed by atoms with Crippen LogP contribution in [0.2, 0.25) is 0 Å². The first kappa shape index (κ1) is 14.3. The summed E-state index contributed by atoms with van der Waals surface area (Å²) in [7, 11) is 0. The number of aliphatic hydroxyl groups is 1. The van der Waals surface area contributed by atoms with E-state index in [2.05, 4.69) is 16.0 Å². The van der Waals surface area contributed by atoms with E-state index in [4.69, 9.17) is 4.74 Å². The van der Waals surface area contributed by atoms with Crippen LogP contribution in [0.3, 0.4) is 0 Å². The van der Waals surface area contributed by atoms with Crippen molar-refractivity contribution in [2.45, 2.75) is 38.3 Å². The van der Waals surface area contributed by atoms with Crippen LogP contribution in [-0.4, -0.2) is 42.0 Å². The van der Waals surface area contributed by atoms with Crippen molar-refractivity contribution in [3.05, 3.63) is 23.4 Å². The van der Waals surface area contributed by atoms with E-state index in [0.29, 0.717) is 25.2 Å². The van der Waals surface area contributed by atoms with E-state index in [1.165, 1.54) is 0 Å². The number of aryl methyl sites for hydroxylation is 1. The number of hydrogen-bond acceptors (Lipinski definition) is 5. The third-order valence-corrected chi connectivity index (χ3v) is 4.68. The fraction of sp³-hybridized carbons (Fsp3) is 0.625. The Hall–Kier alpha value is -1.64. The Morgan fingerprint density at radius 2 is 2.33 bits per heavy atom. The van der Waals surface area contributed by atoms with Crippen molar-refractivity contribution in [3.8, 4) is 6.07 Å². The van der Waals surface area contributed by atoms with Gasteiger partial charge in [0, 0.05) is 31.3 Å². The standard InChI is InChI=1S/C16H21N3O2/c1-11-4-6-18-16(12(11)9-17)19-7-2-3-14(19)13-10-21-8-5-15(13)20/h4,6,13-15,20H,2-3,5,7-8,10H2,1H3/t13-,14+,15+/m0/s1. The molecule has 5 nitrogen and oxygen atoms in total. The Morgan fingerprint density at radius 3 is 3.10 bits per heavy atom. The molecule has 1 N–H and O–H groups in total. The minimum absolute atomic E-state index is 0.107. The molecule has 21 heavy (non-hydrogen) atoms. The second kappa shape index (κ2) is 6.00. The Kier molecular flexibility index (Phi) is 4.09. The molecular weight excluding hydrogens is 266 g/mol. The molecule has 0 bridgehead atoms. The molecule has 5 heteroatoms. The van der Waals surface area contributed by atoms with E-state index >= 15 is 0 Å². The van der Waals surface area contributed by atoms with Crippen molar-refractivity contribution in [3.63, 3.8) is 0 Å². The molecule has 0 radical (unpaired) electrons. The summed E-state index contributed by atoms with van der Waals surface area (Å²) in [5.74, 6) is 0.868. The molecule has 0 amide bonds. The second-order valence-corrected chi connectivity index (χ2v) is 5.94. The summed E-state index contributed by atoms with van der Waals surface area (Å²) >= 11 is 0. The van der Waals surface area contributed by atoms with Crippen LogP contribution < -0.4 is 4.90 Å². The van der Waals surface area contributed by atoms with Gasteiger partial charge in [-0.1, -0.05) is 0 Å². The van der Waals surface area contributed by atoms with Gasteiger partial charge in [-0.15, -0.1) is 0 Å². The van der Waals surface area contributed by atoms with Gasteiger partial charge < -0.3 is 14.7 Å². The SMILES string of the molecule is Cc1ccnc(N2CCC[C@@H]2[C@@H]2COCC[C@H]2O)c1C#N. The van der Waals surface area contributed by atoms with E-state index in [9.17, 15) is 10.4 Å². The molecule has 2 fully saturated rings. The fourth-order valence-corrected chi connectivity index (χ4v) is 3.52. The molecule has 1 aromatic heterocycles. The van der Waals surface area contributed by atoms with E-state index in [-0.39, 0.29) is 18.1 Å². The molecule has 2 aliphatic rings. The number of nitriles is 1. The summed E-state index contributed by atoms with van der Waals surface area (Å²) in [5.41, 5.74) is 1.60. The van der Waals surface area contributed by atoms with Gasteiger partial charge in [-0.2, -0.15) is 5.26 Å². The highest BCUT2D eigenvalue weighted by molar-refractivity contribution is 5.58. The van der Waals surface area contributed by atoms with Crippen molar-refractivity contribution >= 4 is 5.82 Å². The van der Waals surface area contributed by atoms with E-state index in [1.54, 1.807) is 6.20 Å². The summed E-state index contributed by atoms with van der Waals surface area (Å²) in [6.07, 6.45) is 4.22. The molecule has 1 aromatic rings. The highest BCUT2D eigenvalue weighted by Crippen LogP contribution is 2.34. The maximum atomic E-state index is 10.3. The van der Waals surface area contributed by atoms with Crippen LogP contribution in [0.5, 0.6) is 0 Å². The maximum Gasteiger partial charge on any atom is 0.147 e. The summed E-state index contributed by atoms with van der Waals surface area (Å²) in [5, 5.41) is 19.7. The average molecular weight is 287 g/mol.